The first-order chi connectivity index (χ1) is 16.8. The maximum absolute atomic E-state index is 13.5. The van der Waals surface area contributed by atoms with E-state index in [2.05, 4.69) is 5.32 Å². The SMILES string of the molecule is CC(C)(C)OC(=O)N1CCN2C(COc3ccc(C(=O)Nc4cc(F)c(F)c(F)c4)cc3S2(=O)=O)C1. The number of piperazine rings is 1. The minimum Gasteiger partial charge on any atom is -0.490 e. The first-order valence-corrected chi connectivity index (χ1v) is 12.4. The van der Waals surface area contributed by atoms with Crippen molar-refractivity contribution in [3.63, 3.8) is 0 Å². The van der Waals surface area contributed by atoms with Gasteiger partial charge in [-0.05, 0) is 39.0 Å². The van der Waals surface area contributed by atoms with Crippen LogP contribution in [0.25, 0.3) is 0 Å². The summed E-state index contributed by atoms with van der Waals surface area (Å²) in [6.45, 7) is 5.29. The molecule has 2 aromatic rings. The molecule has 4 rings (SSSR count). The highest BCUT2D eigenvalue weighted by Crippen LogP contribution is 2.34. The summed E-state index contributed by atoms with van der Waals surface area (Å²) >= 11 is 0. The summed E-state index contributed by atoms with van der Waals surface area (Å²) < 4.78 is 79.4. The molecule has 2 amide bonds. The van der Waals surface area contributed by atoms with E-state index < -0.39 is 51.1 Å². The Morgan fingerprint density at radius 3 is 2.39 bits per heavy atom. The molecule has 1 saturated heterocycles. The lowest BCUT2D eigenvalue weighted by Gasteiger charge is -2.39. The summed E-state index contributed by atoms with van der Waals surface area (Å²) in [7, 11) is -4.13. The second kappa shape index (κ2) is 9.28. The number of sulfonamides is 1. The summed E-state index contributed by atoms with van der Waals surface area (Å²) in [6.07, 6.45) is -0.561. The van der Waals surface area contributed by atoms with Crippen molar-refractivity contribution < 1.29 is 40.7 Å². The maximum Gasteiger partial charge on any atom is 0.410 e. The molecule has 36 heavy (non-hydrogen) atoms. The Kier molecular flexibility index (Phi) is 6.64. The molecule has 2 aliphatic rings. The lowest BCUT2D eigenvalue weighted by Crippen LogP contribution is -2.58. The predicted octanol–water partition coefficient (Wildman–Crippen LogP) is 3.36. The van der Waals surface area contributed by atoms with E-state index in [9.17, 15) is 31.2 Å². The second-order valence-corrected chi connectivity index (χ2v) is 11.2. The molecular weight excluding hydrogens is 503 g/mol. The van der Waals surface area contributed by atoms with Gasteiger partial charge >= 0.3 is 6.09 Å². The van der Waals surface area contributed by atoms with E-state index in [1.165, 1.54) is 21.3 Å². The van der Waals surface area contributed by atoms with Crippen LogP contribution in [0.1, 0.15) is 31.1 Å². The van der Waals surface area contributed by atoms with E-state index >= 15 is 0 Å². The number of nitrogens with one attached hydrogen (secondary N) is 1. The Bertz CT molecular complexity index is 1310. The number of rotatable bonds is 2. The third-order valence-corrected chi connectivity index (χ3v) is 7.52. The summed E-state index contributed by atoms with van der Waals surface area (Å²) in [4.78, 5) is 26.3. The monoisotopic (exact) mass is 527 g/mol. The van der Waals surface area contributed by atoms with Crippen LogP contribution in [0.4, 0.5) is 23.7 Å². The molecule has 2 aromatic carbocycles. The Morgan fingerprint density at radius 1 is 1.08 bits per heavy atom. The number of carbonyl (C=O) groups is 2. The molecule has 0 bridgehead atoms. The molecule has 0 aromatic heterocycles. The van der Waals surface area contributed by atoms with Crippen LogP contribution in [0, 0.1) is 17.5 Å². The fraction of sp³-hybridized carbons (Fsp3) is 0.391. The molecule has 0 radical (unpaired) electrons. The van der Waals surface area contributed by atoms with Gasteiger partial charge in [0.15, 0.2) is 17.5 Å². The smallest absolute Gasteiger partial charge is 0.410 e. The van der Waals surface area contributed by atoms with Crippen molar-refractivity contribution in [2.24, 2.45) is 0 Å². The van der Waals surface area contributed by atoms with Gasteiger partial charge in [0.05, 0.1) is 6.04 Å². The van der Waals surface area contributed by atoms with E-state index in [0.717, 1.165) is 6.07 Å². The average molecular weight is 528 g/mol. The molecule has 1 unspecified atom stereocenters. The maximum atomic E-state index is 13.5. The molecule has 1 atom stereocenters. The highest BCUT2D eigenvalue weighted by atomic mass is 32.2. The van der Waals surface area contributed by atoms with Crippen LogP contribution >= 0.6 is 0 Å². The number of ether oxygens (including phenoxy) is 2. The Hall–Kier alpha value is -3.32. The molecule has 0 saturated carbocycles. The predicted molar refractivity (Wildman–Crippen MR) is 122 cm³/mol. The fourth-order valence-electron chi connectivity index (χ4n) is 3.90. The lowest BCUT2D eigenvalue weighted by atomic mass is 10.2. The molecule has 0 spiro atoms. The number of benzene rings is 2. The minimum atomic E-state index is -4.13. The summed E-state index contributed by atoms with van der Waals surface area (Å²) in [5, 5.41) is 2.22. The van der Waals surface area contributed by atoms with Gasteiger partial charge in [-0.2, -0.15) is 4.31 Å². The lowest BCUT2D eigenvalue weighted by molar-refractivity contribution is 0.0104. The van der Waals surface area contributed by atoms with Crippen molar-refractivity contribution >= 4 is 27.7 Å². The van der Waals surface area contributed by atoms with Gasteiger partial charge in [-0.25, -0.2) is 26.4 Å². The van der Waals surface area contributed by atoms with E-state index in [1.54, 1.807) is 20.8 Å². The zero-order chi connectivity index (χ0) is 26.4. The topological polar surface area (TPSA) is 105 Å². The van der Waals surface area contributed by atoms with Gasteiger partial charge in [0.1, 0.15) is 22.9 Å². The van der Waals surface area contributed by atoms with Crippen LogP contribution in [-0.4, -0.2) is 67.5 Å². The highest BCUT2D eigenvalue weighted by molar-refractivity contribution is 7.89. The Labute approximate surface area is 205 Å². The van der Waals surface area contributed by atoms with E-state index in [-0.39, 0.29) is 48.1 Å². The number of anilines is 1. The van der Waals surface area contributed by atoms with Gasteiger partial charge in [0, 0.05) is 43.0 Å². The fourth-order valence-corrected chi connectivity index (χ4v) is 5.65. The largest absolute Gasteiger partial charge is 0.490 e. The quantitative estimate of drug-likeness (QED) is 0.601. The number of amides is 2. The molecule has 1 fully saturated rings. The molecule has 0 aliphatic carbocycles. The molecule has 2 aliphatic heterocycles. The second-order valence-electron chi connectivity index (χ2n) is 9.38. The summed E-state index contributed by atoms with van der Waals surface area (Å²) in [6, 6.07) is 4.21. The van der Waals surface area contributed by atoms with Gasteiger partial charge in [0.25, 0.3) is 5.91 Å². The van der Waals surface area contributed by atoms with Gasteiger partial charge < -0.3 is 19.7 Å². The molecule has 194 valence electrons. The Morgan fingerprint density at radius 2 is 1.75 bits per heavy atom. The summed E-state index contributed by atoms with van der Waals surface area (Å²) in [5.74, 6) is -5.50. The normalized spacial score (nSPS) is 19.4. The summed E-state index contributed by atoms with van der Waals surface area (Å²) in [5.41, 5.74) is -1.18. The molecule has 9 nitrogen and oxygen atoms in total. The van der Waals surface area contributed by atoms with E-state index in [0.29, 0.717) is 12.1 Å². The van der Waals surface area contributed by atoms with Crippen molar-refractivity contribution in [1.29, 1.82) is 0 Å². The van der Waals surface area contributed by atoms with Gasteiger partial charge in [-0.15, -0.1) is 0 Å². The van der Waals surface area contributed by atoms with Crippen LogP contribution in [0.3, 0.4) is 0 Å². The van der Waals surface area contributed by atoms with Crippen molar-refractivity contribution in [3.05, 3.63) is 53.3 Å². The number of hydrogen-bond acceptors (Lipinski definition) is 6. The average Bonchev–Trinajstić information content (AvgIpc) is 2.90. The molecule has 13 heteroatoms. The highest BCUT2D eigenvalue weighted by Gasteiger charge is 2.42. The zero-order valence-corrected chi connectivity index (χ0v) is 20.5. The van der Waals surface area contributed by atoms with Crippen molar-refractivity contribution in [2.45, 2.75) is 37.3 Å². The first-order valence-electron chi connectivity index (χ1n) is 11.0. The molecule has 2 heterocycles. The van der Waals surface area contributed by atoms with Crippen LogP contribution in [0.2, 0.25) is 0 Å². The number of fused-ring (bicyclic) bond motifs is 2. The number of nitrogens with zero attached hydrogens (tertiary/aromatic N) is 2. The zero-order valence-electron chi connectivity index (χ0n) is 19.7. The van der Waals surface area contributed by atoms with Crippen molar-refractivity contribution in [2.75, 3.05) is 31.6 Å². The van der Waals surface area contributed by atoms with Gasteiger partial charge in [-0.3, -0.25) is 4.79 Å². The molecular formula is C23H24F3N3O6S. The van der Waals surface area contributed by atoms with Gasteiger partial charge in [0.2, 0.25) is 10.0 Å². The van der Waals surface area contributed by atoms with Crippen molar-refractivity contribution in [1.82, 2.24) is 9.21 Å². The number of halogens is 3. The first kappa shape index (κ1) is 25.8. The van der Waals surface area contributed by atoms with E-state index in [4.69, 9.17) is 9.47 Å². The number of carbonyl (C=O) groups excluding carboxylic acids is 2. The van der Waals surface area contributed by atoms with E-state index in [1.807, 2.05) is 0 Å². The standard InChI is InChI=1S/C23H24F3N3O6S/c1-23(2,3)35-22(31)28-6-7-29-15(11-28)12-34-18-5-4-13(8-19(18)36(29,32)33)21(30)27-14-9-16(24)20(26)17(25)10-14/h4-5,8-10,15H,6-7,11-12H2,1-3H3,(H,27,30). The van der Waals surface area contributed by atoms with Crippen LogP contribution in [-0.2, 0) is 14.8 Å². The minimum absolute atomic E-state index is 0.0143. The van der Waals surface area contributed by atoms with Gasteiger partial charge in [-0.1, -0.05) is 0 Å². The van der Waals surface area contributed by atoms with Crippen LogP contribution in [0.5, 0.6) is 5.75 Å². The number of hydrogen-bond donors (Lipinski definition) is 1. The van der Waals surface area contributed by atoms with Crippen molar-refractivity contribution in [3.8, 4) is 5.75 Å². The third-order valence-electron chi connectivity index (χ3n) is 5.55. The van der Waals surface area contributed by atoms with Crippen LogP contribution in [0.15, 0.2) is 35.2 Å². The third kappa shape index (κ3) is 5.12. The Balaban J connectivity index is 1.56. The van der Waals surface area contributed by atoms with Crippen LogP contribution < -0.4 is 10.1 Å². The molecule has 1 N–H and O–H groups in total.